The van der Waals surface area contributed by atoms with Crippen molar-refractivity contribution in [3.8, 4) is 11.8 Å². The molecule has 1 atom stereocenters. The SMILES string of the molecule is CC#Cc1ccc(C2=NOC(CCC(=O)O)C2)cc1F. The lowest BCUT2D eigenvalue weighted by atomic mass is 10.0. The van der Waals surface area contributed by atoms with E-state index in [-0.39, 0.29) is 12.5 Å². The van der Waals surface area contributed by atoms with Crippen LogP contribution in [0.25, 0.3) is 0 Å². The first kappa shape index (κ1) is 14.1. The highest BCUT2D eigenvalue weighted by Gasteiger charge is 2.23. The summed E-state index contributed by atoms with van der Waals surface area (Å²) < 4.78 is 13.8. The molecule has 104 valence electrons. The van der Waals surface area contributed by atoms with E-state index < -0.39 is 11.8 Å². The van der Waals surface area contributed by atoms with Crippen LogP contribution in [0.4, 0.5) is 4.39 Å². The van der Waals surface area contributed by atoms with E-state index in [0.717, 1.165) is 0 Å². The van der Waals surface area contributed by atoms with Crippen LogP contribution in [0.5, 0.6) is 0 Å². The number of rotatable bonds is 4. The first-order chi connectivity index (χ1) is 9.60. The number of benzene rings is 1. The molecule has 1 N–H and O–H groups in total. The summed E-state index contributed by atoms with van der Waals surface area (Å²) in [5, 5.41) is 12.5. The van der Waals surface area contributed by atoms with Gasteiger partial charge in [-0.2, -0.15) is 0 Å². The number of aliphatic carboxylic acids is 1. The average molecular weight is 275 g/mol. The molecular weight excluding hydrogens is 261 g/mol. The van der Waals surface area contributed by atoms with Crippen LogP contribution < -0.4 is 0 Å². The van der Waals surface area contributed by atoms with E-state index in [4.69, 9.17) is 9.94 Å². The molecule has 5 heteroatoms. The molecule has 0 bridgehead atoms. The van der Waals surface area contributed by atoms with Crippen LogP contribution in [0.2, 0.25) is 0 Å². The first-order valence-electron chi connectivity index (χ1n) is 6.27. The van der Waals surface area contributed by atoms with Crippen molar-refractivity contribution < 1.29 is 19.1 Å². The molecule has 1 unspecified atom stereocenters. The quantitative estimate of drug-likeness (QED) is 0.859. The predicted molar refractivity (Wildman–Crippen MR) is 71.8 cm³/mol. The average Bonchev–Trinajstić information content (AvgIpc) is 2.88. The van der Waals surface area contributed by atoms with E-state index in [2.05, 4.69) is 17.0 Å². The van der Waals surface area contributed by atoms with Crippen molar-refractivity contribution in [2.75, 3.05) is 0 Å². The molecule has 1 aliphatic heterocycles. The number of oxime groups is 1. The van der Waals surface area contributed by atoms with Gasteiger partial charge in [0.2, 0.25) is 0 Å². The van der Waals surface area contributed by atoms with Crippen LogP contribution >= 0.6 is 0 Å². The van der Waals surface area contributed by atoms with Crippen molar-refractivity contribution in [2.24, 2.45) is 5.16 Å². The van der Waals surface area contributed by atoms with Gasteiger partial charge in [0.1, 0.15) is 11.9 Å². The van der Waals surface area contributed by atoms with Crippen LogP contribution in [0.1, 0.15) is 37.3 Å². The molecule has 0 aliphatic carbocycles. The molecule has 0 aromatic heterocycles. The zero-order valence-corrected chi connectivity index (χ0v) is 11.0. The summed E-state index contributed by atoms with van der Waals surface area (Å²) in [6.45, 7) is 1.65. The number of carboxylic acid groups (broad SMARTS) is 1. The van der Waals surface area contributed by atoms with Gasteiger partial charge in [0, 0.05) is 18.4 Å². The molecule has 0 amide bonds. The molecule has 4 nitrogen and oxygen atoms in total. The minimum atomic E-state index is -0.865. The number of hydrogen-bond acceptors (Lipinski definition) is 3. The second-order valence-corrected chi connectivity index (χ2v) is 4.47. The van der Waals surface area contributed by atoms with Gasteiger partial charge in [0.15, 0.2) is 0 Å². The van der Waals surface area contributed by atoms with Crippen molar-refractivity contribution in [3.05, 3.63) is 35.1 Å². The van der Waals surface area contributed by atoms with E-state index in [1.165, 1.54) is 6.07 Å². The maximum absolute atomic E-state index is 13.8. The van der Waals surface area contributed by atoms with Crippen molar-refractivity contribution in [3.63, 3.8) is 0 Å². The van der Waals surface area contributed by atoms with Crippen LogP contribution in [0, 0.1) is 17.7 Å². The number of carbonyl (C=O) groups is 1. The summed E-state index contributed by atoms with van der Waals surface area (Å²) >= 11 is 0. The highest BCUT2D eigenvalue weighted by atomic mass is 19.1. The lowest BCUT2D eigenvalue weighted by Crippen LogP contribution is -2.11. The normalized spacial score (nSPS) is 16.9. The predicted octanol–water partition coefficient (Wildman–Crippen LogP) is 2.55. The van der Waals surface area contributed by atoms with Gasteiger partial charge in [-0.15, -0.1) is 5.92 Å². The molecule has 1 aliphatic rings. The monoisotopic (exact) mass is 275 g/mol. The number of hydrogen-bond donors (Lipinski definition) is 1. The van der Waals surface area contributed by atoms with Crippen molar-refractivity contribution >= 4 is 11.7 Å². The maximum Gasteiger partial charge on any atom is 0.303 e. The fourth-order valence-corrected chi connectivity index (χ4v) is 1.97. The maximum atomic E-state index is 13.8. The largest absolute Gasteiger partial charge is 0.481 e. The van der Waals surface area contributed by atoms with E-state index in [1.807, 2.05) is 0 Å². The second-order valence-electron chi connectivity index (χ2n) is 4.47. The summed E-state index contributed by atoms with van der Waals surface area (Å²) in [4.78, 5) is 15.7. The molecule has 1 aromatic rings. The summed E-state index contributed by atoms with van der Waals surface area (Å²) in [5.41, 5.74) is 1.62. The molecule has 1 heterocycles. The van der Waals surface area contributed by atoms with Gasteiger partial charge in [0.25, 0.3) is 0 Å². The molecule has 0 saturated heterocycles. The Balaban J connectivity index is 2.04. The Bertz CT molecular complexity index is 613. The van der Waals surface area contributed by atoms with E-state index >= 15 is 0 Å². The zero-order chi connectivity index (χ0) is 14.5. The zero-order valence-electron chi connectivity index (χ0n) is 11.0. The Kier molecular flexibility index (Phi) is 4.36. The van der Waals surface area contributed by atoms with Crippen molar-refractivity contribution in [1.82, 2.24) is 0 Å². The topological polar surface area (TPSA) is 58.9 Å². The number of carboxylic acids is 1. The smallest absolute Gasteiger partial charge is 0.303 e. The lowest BCUT2D eigenvalue weighted by molar-refractivity contribution is -0.137. The minimum Gasteiger partial charge on any atom is -0.481 e. The molecule has 0 spiro atoms. The third-order valence-corrected chi connectivity index (χ3v) is 2.98. The van der Waals surface area contributed by atoms with E-state index in [0.29, 0.717) is 29.7 Å². The highest BCUT2D eigenvalue weighted by molar-refractivity contribution is 6.01. The van der Waals surface area contributed by atoms with Crippen molar-refractivity contribution in [2.45, 2.75) is 32.3 Å². The lowest BCUT2D eigenvalue weighted by Gasteiger charge is -2.05. The van der Waals surface area contributed by atoms with Gasteiger partial charge in [-0.05, 0) is 25.5 Å². The molecule has 1 aromatic carbocycles. The highest BCUT2D eigenvalue weighted by Crippen LogP contribution is 2.21. The standard InChI is InChI=1S/C15H14FNO3/c1-2-3-10-4-5-11(8-13(10)16)14-9-12(20-17-14)6-7-15(18)19/h4-5,8,12H,6-7,9H2,1H3,(H,18,19). The first-order valence-corrected chi connectivity index (χ1v) is 6.27. The third-order valence-electron chi connectivity index (χ3n) is 2.98. The third kappa shape index (κ3) is 3.35. The van der Waals surface area contributed by atoms with Crippen LogP contribution in [-0.4, -0.2) is 22.9 Å². The van der Waals surface area contributed by atoms with Crippen LogP contribution in [-0.2, 0) is 9.63 Å². The second kappa shape index (κ2) is 6.20. The minimum absolute atomic E-state index is 0.0346. The van der Waals surface area contributed by atoms with Gasteiger partial charge in [-0.3, -0.25) is 4.79 Å². The fraction of sp³-hybridized carbons (Fsp3) is 0.333. The van der Waals surface area contributed by atoms with Gasteiger partial charge in [-0.25, -0.2) is 4.39 Å². The Morgan fingerprint density at radius 2 is 2.40 bits per heavy atom. The Morgan fingerprint density at radius 3 is 3.05 bits per heavy atom. The van der Waals surface area contributed by atoms with Crippen molar-refractivity contribution in [1.29, 1.82) is 0 Å². The molecular formula is C15H14FNO3. The van der Waals surface area contributed by atoms with Gasteiger partial charge in [-0.1, -0.05) is 17.1 Å². The summed E-state index contributed by atoms with van der Waals surface area (Å²) in [7, 11) is 0. The Labute approximate surface area is 116 Å². The molecule has 0 fully saturated rings. The van der Waals surface area contributed by atoms with Gasteiger partial charge < -0.3 is 9.94 Å². The fourth-order valence-electron chi connectivity index (χ4n) is 1.97. The van der Waals surface area contributed by atoms with Gasteiger partial charge in [0.05, 0.1) is 11.3 Å². The molecule has 2 rings (SSSR count). The van der Waals surface area contributed by atoms with E-state index in [1.54, 1.807) is 19.1 Å². The summed E-state index contributed by atoms with van der Waals surface area (Å²) in [6, 6.07) is 4.72. The molecule has 20 heavy (non-hydrogen) atoms. The summed E-state index contributed by atoms with van der Waals surface area (Å²) in [6.07, 6.45) is 0.669. The Hall–Kier alpha value is -2.35. The number of halogens is 1. The molecule has 0 saturated carbocycles. The van der Waals surface area contributed by atoms with Gasteiger partial charge >= 0.3 is 5.97 Å². The molecule has 0 radical (unpaired) electrons. The van der Waals surface area contributed by atoms with Crippen LogP contribution in [0.3, 0.4) is 0 Å². The van der Waals surface area contributed by atoms with Crippen LogP contribution in [0.15, 0.2) is 23.4 Å². The Morgan fingerprint density at radius 1 is 1.60 bits per heavy atom. The summed E-state index contributed by atoms with van der Waals surface area (Å²) in [5.74, 6) is 4.06. The van der Waals surface area contributed by atoms with E-state index in [9.17, 15) is 9.18 Å². The number of nitrogens with zero attached hydrogens (tertiary/aromatic N) is 1.